The Balaban J connectivity index is 2.88. The van der Waals surface area contributed by atoms with Crippen LogP contribution in [0.2, 0.25) is 0 Å². The molecule has 0 aliphatic carbocycles. The summed E-state index contributed by atoms with van der Waals surface area (Å²) in [6, 6.07) is 6.03. The molecule has 1 aromatic rings. The van der Waals surface area contributed by atoms with Crippen molar-refractivity contribution in [3.8, 4) is 0 Å². The van der Waals surface area contributed by atoms with Crippen LogP contribution in [0.1, 0.15) is 29.8 Å². The summed E-state index contributed by atoms with van der Waals surface area (Å²) in [6.45, 7) is 5.14. The molecule has 0 aromatic heterocycles. The molecule has 0 aliphatic rings. The van der Waals surface area contributed by atoms with Crippen molar-refractivity contribution in [3.63, 3.8) is 0 Å². The van der Waals surface area contributed by atoms with E-state index in [0.717, 1.165) is 5.56 Å². The number of benzene rings is 1. The first kappa shape index (κ1) is 15.2. The second-order valence-electron chi connectivity index (χ2n) is 4.33. The van der Waals surface area contributed by atoms with Gasteiger partial charge in [-0.25, -0.2) is 0 Å². The molecule has 3 N–H and O–H groups in total. The molecule has 19 heavy (non-hydrogen) atoms. The first-order valence-electron chi connectivity index (χ1n) is 6.36. The fourth-order valence-corrected chi connectivity index (χ4v) is 1.87. The van der Waals surface area contributed by atoms with E-state index in [1.165, 1.54) is 0 Å². The van der Waals surface area contributed by atoms with Gasteiger partial charge in [-0.05, 0) is 38.0 Å². The Labute approximate surface area is 113 Å². The molecule has 0 aliphatic heterocycles. The Bertz CT molecular complexity index is 456. The zero-order valence-corrected chi connectivity index (χ0v) is 11.3. The lowest BCUT2D eigenvalue weighted by Gasteiger charge is -2.19. The number of hydrogen-bond acceptors (Lipinski definition) is 3. The topological polar surface area (TPSA) is 83.6 Å². The van der Waals surface area contributed by atoms with Crippen molar-refractivity contribution in [2.45, 2.75) is 26.3 Å². The Morgan fingerprint density at radius 2 is 1.95 bits per heavy atom. The molecule has 5 nitrogen and oxygen atoms in total. The average Bonchev–Trinajstić information content (AvgIpc) is 2.40. The van der Waals surface area contributed by atoms with E-state index in [1.807, 2.05) is 13.8 Å². The molecule has 0 fully saturated rings. The van der Waals surface area contributed by atoms with Crippen LogP contribution in [0.15, 0.2) is 24.3 Å². The van der Waals surface area contributed by atoms with Crippen molar-refractivity contribution in [1.29, 1.82) is 0 Å². The van der Waals surface area contributed by atoms with Gasteiger partial charge in [0.05, 0.1) is 0 Å². The third-order valence-electron chi connectivity index (χ3n) is 3.00. The molecule has 0 bridgehead atoms. The molecule has 1 atom stereocenters. The predicted molar refractivity (Wildman–Crippen MR) is 73.0 cm³/mol. The molecule has 0 spiro atoms. The molecule has 0 heterocycles. The number of hydrogen-bond donors (Lipinski definition) is 2. The van der Waals surface area contributed by atoms with Crippen LogP contribution in [-0.4, -0.2) is 41.0 Å². The van der Waals surface area contributed by atoms with Gasteiger partial charge in [-0.15, -0.1) is 0 Å². The van der Waals surface area contributed by atoms with Crippen LogP contribution in [0.4, 0.5) is 0 Å². The molecule has 0 radical (unpaired) electrons. The fourth-order valence-electron chi connectivity index (χ4n) is 1.87. The fraction of sp³-hybridized carbons (Fsp3) is 0.429. The van der Waals surface area contributed by atoms with Crippen LogP contribution < -0.4 is 5.73 Å². The van der Waals surface area contributed by atoms with Gasteiger partial charge in [0, 0.05) is 18.7 Å². The molecule has 0 unspecified atom stereocenters. The van der Waals surface area contributed by atoms with Crippen LogP contribution in [0.3, 0.4) is 0 Å². The highest BCUT2D eigenvalue weighted by atomic mass is 16.4. The van der Waals surface area contributed by atoms with E-state index in [4.69, 9.17) is 10.8 Å². The highest BCUT2D eigenvalue weighted by Gasteiger charge is 2.15. The maximum absolute atomic E-state index is 12.2. The van der Waals surface area contributed by atoms with Crippen molar-refractivity contribution in [3.05, 3.63) is 35.4 Å². The van der Waals surface area contributed by atoms with Gasteiger partial charge in [-0.3, -0.25) is 9.59 Å². The number of carboxylic acids is 1. The van der Waals surface area contributed by atoms with E-state index in [2.05, 4.69) is 0 Å². The van der Waals surface area contributed by atoms with Crippen molar-refractivity contribution >= 4 is 11.9 Å². The quantitative estimate of drug-likeness (QED) is 0.806. The minimum absolute atomic E-state index is 0.0456. The average molecular weight is 264 g/mol. The number of rotatable bonds is 6. The van der Waals surface area contributed by atoms with Crippen LogP contribution >= 0.6 is 0 Å². The van der Waals surface area contributed by atoms with Crippen LogP contribution in [-0.2, 0) is 11.2 Å². The van der Waals surface area contributed by atoms with Gasteiger partial charge < -0.3 is 15.7 Å². The van der Waals surface area contributed by atoms with Crippen LogP contribution in [0, 0.1) is 0 Å². The zero-order chi connectivity index (χ0) is 14.4. The number of nitrogens with zero attached hydrogens (tertiary/aromatic N) is 1. The Kier molecular flexibility index (Phi) is 5.51. The Morgan fingerprint density at radius 3 is 2.47 bits per heavy atom. The summed E-state index contributed by atoms with van der Waals surface area (Å²) in [5.74, 6) is -1.09. The van der Waals surface area contributed by atoms with Crippen molar-refractivity contribution in [2.75, 3.05) is 13.1 Å². The van der Waals surface area contributed by atoms with Gasteiger partial charge in [-0.2, -0.15) is 0 Å². The monoisotopic (exact) mass is 264 g/mol. The zero-order valence-electron chi connectivity index (χ0n) is 11.3. The summed E-state index contributed by atoms with van der Waals surface area (Å²) in [6.07, 6.45) is 0.217. The van der Waals surface area contributed by atoms with Gasteiger partial charge in [0.15, 0.2) is 0 Å². The molecule has 104 valence electrons. The van der Waals surface area contributed by atoms with Gasteiger partial charge in [-0.1, -0.05) is 12.1 Å². The highest BCUT2D eigenvalue weighted by Crippen LogP contribution is 2.10. The van der Waals surface area contributed by atoms with E-state index in [0.29, 0.717) is 18.7 Å². The van der Waals surface area contributed by atoms with Gasteiger partial charge in [0.25, 0.3) is 5.91 Å². The van der Waals surface area contributed by atoms with Crippen molar-refractivity contribution in [1.82, 2.24) is 4.90 Å². The minimum Gasteiger partial charge on any atom is -0.480 e. The van der Waals surface area contributed by atoms with E-state index in [9.17, 15) is 9.59 Å². The maximum atomic E-state index is 12.2. The smallest absolute Gasteiger partial charge is 0.320 e. The second-order valence-corrected chi connectivity index (χ2v) is 4.33. The molecule has 1 aromatic carbocycles. The molecular weight excluding hydrogens is 244 g/mol. The normalized spacial score (nSPS) is 11.9. The predicted octanol–water partition coefficient (Wildman–Crippen LogP) is 1.12. The summed E-state index contributed by atoms with van der Waals surface area (Å²) >= 11 is 0. The summed E-state index contributed by atoms with van der Waals surface area (Å²) in [5, 5.41) is 8.79. The lowest BCUT2D eigenvalue weighted by Crippen LogP contribution is -2.32. The highest BCUT2D eigenvalue weighted by molar-refractivity contribution is 5.94. The summed E-state index contributed by atoms with van der Waals surface area (Å²) in [5.41, 5.74) is 6.82. The number of aliphatic carboxylic acids is 1. The van der Waals surface area contributed by atoms with E-state index < -0.39 is 12.0 Å². The third-order valence-corrected chi connectivity index (χ3v) is 3.00. The maximum Gasteiger partial charge on any atom is 0.320 e. The standard InChI is InChI=1S/C14H20N2O3/c1-3-16(4-2)13(17)11-7-5-6-10(8-11)9-12(15)14(18)19/h5-8,12H,3-4,9,15H2,1-2H3,(H,18,19)/t12-/m0/s1. The Morgan fingerprint density at radius 1 is 1.32 bits per heavy atom. The SMILES string of the molecule is CCN(CC)C(=O)c1cccc(C[C@H](N)C(=O)O)c1. The lowest BCUT2D eigenvalue weighted by molar-refractivity contribution is -0.138. The number of nitrogens with two attached hydrogens (primary N) is 1. The molecule has 1 rings (SSSR count). The summed E-state index contributed by atoms with van der Waals surface area (Å²) < 4.78 is 0. The lowest BCUT2D eigenvalue weighted by atomic mass is 10.0. The third kappa shape index (κ3) is 4.06. The first-order chi connectivity index (χ1) is 8.99. The van der Waals surface area contributed by atoms with Gasteiger partial charge in [0.2, 0.25) is 0 Å². The van der Waals surface area contributed by atoms with Gasteiger partial charge in [0.1, 0.15) is 6.04 Å². The molecular formula is C14H20N2O3. The number of carbonyl (C=O) groups is 2. The summed E-state index contributed by atoms with van der Waals surface area (Å²) in [4.78, 5) is 24.6. The minimum atomic E-state index is -1.04. The van der Waals surface area contributed by atoms with E-state index >= 15 is 0 Å². The van der Waals surface area contributed by atoms with Crippen molar-refractivity contribution in [2.24, 2.45) is 5.73 Å². The molecule has 0 saturated heterocycles. The van der Waals surface area contributed by atoms with Crippen molar-refractivity contribution < 1.29 is 14.7 Å². The largest absolute Gasteiger partial charge is 0.480 e. The van der Waals surface area contributed by atoms with Crippen LogP contribution in [0.5, 0.6) is 0 Å². The van der Waals surface area contributed by atoms with E-state index in [-0.39, 0.29) is 12.3 Å². The molecule has 5 heteroatoms. The Hall–Kier alpha value is -1.88. The number of amides is 1. The second kappa shape index (κ2) is 6.89. The number of carbonyl (C=O) groups excluding carboxylic acids is 1. The van der Waals surface area contributed by atoms with Crippen LogP contribution in [0.25, 0.3) is 0 Å². The molecule has 0 saturated carbocycles. The summed E-state index contributed by atoms with van der Waals surface area (Å²) in [7, 11) is 0. The number of carboxylic acid groups (broad SMARTS) is 1. The first-order valence-corrected chi connectivity index (χ1v) is 6.36. The molecule has 1 amide bonds. The van der Waals surface area contributed by atoms with Gasteiger partial charge >= 0.3 is 5.97 Å². The van der Waals surface area contributed by atoms with E-state index in [1.54, 1.807) is 29.2 Å².